The number of allylic oxidation sites excluding steroid dienone is 1. The molecule has 1 fully saturated rings. The van der Waals surface area contributed by atoms with Crippen molar-refractivity contribution in [3.63, 3.8) is 0 Å². The second-order valence-electron chi connectivity index (χ2n) is 2.25. The first-order valence-electron chi connectivity index (χ1n) is 3.04. The Balaban J connectivity index is 2.23. The normalized spacial score (nSPS) is 31.1. The Morgan fingerprint density at radius 1 is 1.78 bits per heavy atom. The van der Waals surface area contributed by atoms with Gasteiger partial charge in [-0.25, -0.2) is 0 Å². The number of hydrogen-bond acceptors (Lipinski definition) is 3. The van der Waals surface area contributed by atoms with E-state index < -0.39 is 0 Å². The molecule has 0 bridgehead atoms. The largest absolute Gasteiger partial charge is 0.292 e. The highest BCUT2D eigenvalue weighted by Gasteiger charge is 2.21. The molecule has 1 saturated heterocycles. The first-order chi connectivity index (χ1) is 4.47. The lowest BCUT2D eigenvalue weighted by atomic mass is 10.1. The molecule has 3 nitrogen and oxygen atoms in total. The van der Waals surface area contributed by atoms with Gasteiger partial charge in [-0.05, 0) is 6.08 Å². The lowest BCUT2D eigenvalue weighted by Gasteiger charge is -2.07. The molecular weight excluding hydrogens is 116 g/mol. The Labute approximate surface area is 53.4 Å². The summed E-state index contributed by atoms with van der Waals surface area (Å²) in [6.45, 7) is 1.64. The van der Waals surface area contributed by atoms with Gasteiger partial charge in [-0.3, -0.25) is 15.3 Å². The van der Waals surface area contributed by atoms with Crippen LogP contribution >= 0.6 is 0 Å². The van der Waals surface area contributed by atoms with Crippen molar-refractivity contribution in [2.75, 3.05) is 13.2 Å². The fraction of sp³-hybridized carbons (Fsp3) is 0.500. The Bertz CT molecular complexity index is 174. The summed E-state index contributed by atoms with van der Waals surface area (Å²) >= 11 is 0. The first kappa shape index (κ1) is 4.99. The van der Waals surface area contributed by atoms with Crippen LogP contribution < -0.4 is 5.48 Å². The zero-order valence-corrected chi connectivity index (χ0v) is 5.00. The van der Waals surface area contributed by atoms with Crippen molar-refractivity contribution in [1.82, 2.24) is 5.48 Å². The summed E-state index contributed by atoms with van der Waals surface area (Å²) in [5.74, 6) is 0.495. The quantitative estimate of drug-likeness (QED) is 0.497. The Morgan fingerprint density at radius 3 is 3.67 bits per heavy atom. The Morgan fingerprint density at radius 2 is 2.78 bits per heavy atom. The van der Waals surface area contributed by atoms with E-state index in [2.05, 4.69) is 10.5 Å². The van der Waals surface area contributed by atoms with E-state index >= 15 is 0 Å². The van der Waals surface area contributed by atoms with Gasteiger partial charge in [0.1, 0.15) is 0 Å². The van der Waals surface area contributed by atoms with Crippen molar-refractivity contribution in [2.24, 2.45) is 10.9 Å². The van der Waals surface area contributed by atoms with Gasteiger partial charge < -0.3 is 0 Å². The van der Waals surface area contributed by atoms with Crippen molar-refractivity contribution < 1.29 is 4.84 Å². The van der Waals surface area contributed by atoms with E-state index in [1.807, 2.05) is 12.3 Å². The SMILES string of the molecule is C1=NCC2CONC2=C1. The van der Waals surface area contributed by atoms with Crippen LogP contribution in [0.3, 0.4) is 0 Å². The minimum Gasteiger partial charge on any atom is -0.292 e. The van der Waals surface area contributed by atoms with Gasteiger partial charge in [0.25, 0.3) is 0 Å². The lowest BCUT2D eigenvalue weighted by molar-refractivity contribution is 0.104. The summed E-state index contributed by atoms with van der Waals surface area (Å²) in [5, 5.41) is 0. The molecule has 2 rings (SSSR count). The lowest BCUT2D eigenvalue weighted by Crippen LogP contribution is -2.12. The molecule has 0 aromatic heterocycles. The smallest absolute Gasteiger partial charge is 0.0847 e. The van der Waals surface area contributed by atoms with E-state index in [9.17, 15) is 0 Å². The van der Waals surface area contributed by atoms with Crippen molar-refractivity contribution in [1.29, 1.82) is 0 Å². The van der Waals surface area contributed by atoms with Gasteiger partial charge in [0, 0.05) is 24.4 Å². The summed E-state index contributed by atoms with van der Waals surface area (Å²) < 4.78 is 0. The molecule has 0 aromatic carbocycles. The molecule has 0 amide bonds. The highest BCUT2D eigenvalue weighted by atomic mass is 16.7. The van der Waals surface area contributed by atoms with Crippen LogP contribution in [0.25, 0.3) is 0 Å². The standard InChI is InChI=1S/C6H8N2O/c1-2-7-3-5-4-9-8-6(1)5/h1-2,5,8H,3-4H2. The van der Waals surface area contributed by atoms with Crippen molar-refractivity contribution in [3.05, 3.63) is 11.8 Å². The van der Waals surface area contributed by atoms with Crippen molar-refractivity contribution in [2.45, 2.75) is 0 Å². The number of dihydropyridines is 1. The average molecular weight is 124 g/mol. The molecule has 9 heavy (non-hydrogen) atoms. The zero-order valence-electron chi connectivity index (χ0n) is 5.00. The van der Waals surface area contributed by atoms with Crippen LogP contribution in [0.1, 0.15) is 0 Å². The Hall–Kier alpha value is -0.830. The van der Waals surface area contributed by atoms with E-state index in [1.165, 1.54) is 5.70 Å². The van der Waals surface area contributed by atoms with Gasteiger partial charge in [-0.2, -0.15) is 0 Å². The maximum Gasteiger partial charge on any atom is 0.0847 e. The van der Waals surface area contributed by atoms with Crippen LogP contribution in [0.4, 0.5) is 0 Å². The van der Waals surface area contributed by atoms with Crippen LogP contribution in [0.2, 0.25) is 0 Å². The monoisotopic (exact) mass is 124 g/mol. The number of nitrogens with one attached hydrogen (secondary N) is 1. The number of rotatable bonds is 0. The molecule has 0 radical (unpaired) electrons. The van der Waals surface area contributed by atoms with E-state index in [1.54, 1.807) is 0 Å². The molecule has 48 valence electrons. The van der Waals surface area contributed by atoms with E-state index in [-0.39, 0.29) is 0 Å². The Kier molecular flexibility index (Phi) is 1.02. The summed E-state index contributed by atoms with van der Waals surface area (Å²) in [5.41, 5.74) is 4.00. The number of fused-ring (bicyclic) bond motifs is 1. The fourth-order valence-electron chi connectivity index (χ4n) is 1.04. The van der Waals surface area contributed by atoms with Gasteiger partial charge in [0.05, 0.1) is 6.61 Å². The molecule has 2 aliphatic rings. The molecule has 2 aliphatic heterocycles. The van der Waals surface area contributed by atoms with Crippen LogP contribution in [0.5, 0.6) is 0 Å². The molecule has 0 aromatic rings. The van der Waals surface area contributed by atoms with Crippen LogP contribution in [-0.4, -0.2) is 19.4 Å². The van der Waals surface area contributed by atoms with Crippen molar-refractivity contribution >= 4 is 6.21 Å². The van der Waals surface area contributed by atoms with Gasteiger partial charge >= 0.3 is 0 Å². The molecule has 0 aliphatic carbocycles. The minimum atomic E-state index is 0.495. The maximum atomic E-state index is 4.99. The second-order valence-corrected chi connectivity index (χ2v) is 2.25. The topological polar surface area (TPSA) is 33.6 Å². The third kappa shape index (κ3) is 0.733. The predicted octanol–water partition coefficient (Wildman–Crippen LogP) is 0.106. The van der Waals surface area contributed by atoms with Gasteiger partial charge in [-0.1, -0.05) is 0 Å². The molecular formula is C6H8N2O. The first-order valence-corrected chi connectivity index (χ1v) is 3.04. The number of hydrogen-bond donors (Lipinski definition) is 1. The average Bonchev–Trinajstić information content (AvgIpc) is 2.33. The molecule has 2 heterocycles. The van der Waals surface area contributed by atoms with Gasteiger partial charge in [-0.15, -0.1) is 0 Å². The van der Waals surface area contributed by atoms with E-state index in [0.717, 1.165) is 13.2 Å². The third-order valence-electron chi connectivity index (χ3n) is 1.60. The maximum absolute atomic E-state index is 4.99. The third-order valence-corrected chi connectivity index (χ3v) is 1.60. The summed E-state index contributed by atoms with van der Waals surface area (Å²) in [6.07, 6.45) is 3.77. The second kappa shape index (κ2) is 1.84. The molecule has 0 spiro atoms. The molecule has 1 unspecified atom stereocenters. The summed E-state index contributed by atoms with van der Waals surface area (Å²) in [7, 11) is 0. The van der Waals surface area contributed by atoms with E-state index in [0.29, 0.717) is 5.92 Å². The number of aliphatic imine (C=N–C) groups is 1. The van der Waals surface area contributed by atoms with Crippen LogP contribution in [0.15, 0.2) is 16.8 Å². The van der Waals surface area contributed by atoms with Crippen molar-refractivity contribution in [3.8, 4) is 0 Å². The van der Waals surface area contributed by atoms with Crippen LogP contribution in [-0.2, 0) is 4.84 Å². The molecule has 1 atom stereocenters. The van der Waals surface area contributed by atoms with Gasteiger partial charge in [0.15, 0.2) is 0 Å². The minimum absolute atomic E-state index is 0.495. The number of nitrogens with zero attached hydrogens (tertiary/aromatic N) is 1. The summed E-state index contributed by atoms with van der Waals surface area (Å²) in [4.78, 5) is 9.09. The fourth-order valence-corrected chi connectivity index (χ4v) is 1.04. The highest BCUT2D eigenvalue weighted by molar-refractivity contribution is 5.73. The molecule has 0 saturated carbocycles. The molecule has 1 N–H and O–H groups in total. The van der Waals surface area contributed by atoms with E-state index in [4.69, 9.17) is 4.84 Å². The van der Waals surface area contributed by atoms with Gasteiger partial charge in [0.2, 0.25) is 0 Å². The zero-order chi connectivity index (χ0) is 6.10. The predicted molar refractivity (Wildman–Crippen MR) is 34.0 cm³/mol. The number of hydroxylamine groups is 1. The highest BCUT2D eigenvalue weighted by Crippen LogP contribution is 2.16. The summed E-state index contributed by atoms with van der Waals surface area (Å²) in [6, 6.07) is 0. The molecule has 3 heteroatoms. The van der Waals surface area contributed by atoms with Crippen LogP contribution in [0, 0.1) is 5.92 Å².